The van der Waals surface area contributed by atoms with Crippen LogP contribution < -0.4 is 5.32 Å². The van der Waals surface area contributed by atoms with Crippen molar-refractivity contribution in [2.75, 3.05) is 6.61 Å². The summed E-state index contributed by atoms with van der Waals surface area (Å²) in [6.07, 6.45) is 0.483. The number of hydrogen-bond donors (Lipinski definition) is 2. The number of aliphatic hydroxyl groups excluding tert-OH is 1. The second-order valence-electron chi connectivity index (χ2n) is 4.50. The van der Waals surface area contributed by atoms with Gasteiger partial charge >= 0.3 is 0 Å². The van der Waals surface area contributed by atoms with Crippen molar-refractivity contribution in [1.29, 1.82) is 5.26 Å². The summed E-state index contributed by atoms with van der Waals surface area (Å²) in [7, 11) is 0. The maximum absolute atomic E-state index is 11.9. The molecule has 90 valence electrons. The van der Waals surface area contributed by atoms with Gasteiger partial charge in [-0.05, 0) is 38.5 Å². The minimum Gasteiger partial charge on any atom is -0.396 e. The second-order valence-corrected chi connectivity index (χ2v) is 4.50. The van der Waals surface area contributed by atoms with Gasteiger partial charge in [0, 0.05) is 17.7 Å². The standard InChI is InChI=1S/C13H16N2O2/c1-13(2,6-7-16)15-12(17)11-5-3-4-10(8-11)9-14/h3-5,8,16H,6-7H2,1-2H3,(H,15,17). The molecule has 2 N–H and O–H groups in total. The monoisotopic (exact) mass is 232 g/mol. The third-order valence-electron chi connectivity index (χ3n) is 2.44. The summed E-state index contributed by atoms with van der Waals surface area (Å²) < 4.78 is 0. The van der Waals surface area contributed by atoms with E-state index in [0.717, 1.165) is 0 Å². The lowest BCUT2D eigenvalue weighted by molar-refractivity contribution is 0.0899. The maximum Gasteiger partial charge on any atom is 0.251 e. The van der Waals surface area contributed by atoms with Crippen molar-refractivity contribution in [2.45, 2.75) is 25.8 Å². The lowest BCUT2D eigenvalue weighted by Crippen LogP contribution is -2.44. The highest BCUT2D eigenvalue weighted by Crippen LogP contribution is 2.10. The van der Waals surface area contributed by atoms with Crippen LogP contribution in [-0.4, -0.2) is 23.2 Å². The van der Waals surface area contributed by atoms with E-state index in [-0.39, 0.29) is 12.5 Å². The van der Waals surface area contributed by atoms with Gasteiger partial charge in [-0.25, -0.2) is 0 Å². The summed E-state index contributed by atoms with van der Waals surface area (Å²) in [5.74, 6) is -0.236. The van der Waals surface area contributed by atoms with Crippen molar-refractivity contribution in [3.05, 3.63) is 35.4 Å². The van der Waals surface area contributed by atoms with Gasteiger partial charge in [0.25, 0.3) is 5.91 Å². The fraction of sp³-hybridized carbons (Fsp3) is 0.385. The van der Waals surface area contributed by atoms with E-state index in [9.17, 15) is 4.79 Å². The topological polar surface area (TPSA) is 73.1 Å². The first kappa shape index (κ1) is 13.2. The number of amides is 1. The predicted molar refractivity (Wildman–Crippen MR) is 64.4 cm³/mol. The third kappa shape index (κ3) is 3.89. The Kier molecular flexibility index (Phi) is 4.24. The fourth-order valence-corrected chi connectivity index (χ4v) is 1.45. The van der Waals surface area contributed by atoms with Crippen LogP contribution in [0.4, 0.5) is 0 Å². The van der Waals surface area contributed by atoms with Crippen LogP contribution in [0.25, 0.3) is 0 Å². The van der Waals surface area contributed by atoms with Gasteiger partial charge in [0.1, 0.15) is 0 Å². The van der Waals surface area contributed by atoms with Crippen molar-refractivity contribution >= 4 is 5.91 Å². The zero-order valence-corrected chi connectivity index (χ0v) is 10.0. The molecule has 1 rings (SSSR count). The Morgan fingerprint density at radius 2 is 2.24 bits per heavy atom. The first-order chi connectivity index (χ1) is 7.98. The van der Waals surface area contributed by atoms with E-state index >= 15 is 0 Å². The van der Waals surface area contributed by atoms with Crippen molar-refractivity contribution < 1.29 is 9.90 Å². The Labute approximate surface area is 101 Å². The molecule has 0 aliphatic rings. The smallest absolute Gasteiger partial charge is 0.251 e. The first-order valence-corrected chi connectivity index (χ1v) is 5.42. The molecule has 0 saturated heterocycles. The van der Waals surface area contributed by atoms with E-state index in [4.69, 9.17) is 10.4 Å². The molecule has 0 saturated carbocycles. The van der Waals surface area contributed by atoms with Crippen molar-refractivity contribution in [1.82, 2.24) is 5.32 Å². The minimum atomic E-state index is -0.464. The van der Waals surface area contributed by atoms with Crippen LogP contribution in [0.1, 0.15) is 36.2 Å². The fourth-order valence-electron chi connectivity index (χ4n) is 1.45. The molecule has 0 bridgehead atoms. The zero-order valence-electron chi connectivity index (χ0n) is 10.0. The summed E-state index contributed by atoms with van der Waals surface area (Å²) >= 11 is 0. The summed E-state index contributed by atoms with van der Waals surface area (Å²) in [6.45, 7) is 3.70. The number of benzene rings is 1. The largest absolute Gasteiger partial charge is 0.396 e. The van der Waals surface area contributed by atoms with E-state index < -0.39 is 5.54 Å². The van der Waals surface area contributed by atoms with Gasteiger partial charge in [0.2, 0.25) is 0 Å². The van der Waals surface area contributed by atoms with Crippen LogP contribution in [0.15, 0.2) is 24.3 Å². The number of carbonyl (C=O) groups is 1. The highest BCUT2D eigenvalue weighted by atomic mass is 16.3. The predicted octanol–water partition coefficient (Wildman–Crippen LogP) is 1.45. The van der Waals surface area contributed by atoms with Crippen molar-refractivity contribution in [3.63, 3.8) is 0 Å². The van der Waals surface area contributed by atoms with Crippen LogP contribution >= 0.6 is 0 Å². The van der Waals surface area contributed by atoms with Gasteiger partial charge in [0.15, 0.2) is 0 Å². The average Bonchev–Trinajstić information content (AvgIpc) is 2.28. The average molecular weight is 232 g/mol. The Hall–Kier alpha value is -1.86. The molecule has 0 atom stereocenters. The molecule has 0 unspecified atom stereocenters. The third-order valence-corrected chi connectivity index (χ3v) is 2.44. The molecule has 0 heterocycles. The van der Waals surface area contributed by atoms with Crippen molar-refractivity contribution in [3.8, 4) is 6.07 Å². The molecule has 0 aliphatic carbocycles. The lowest BCUT2D eigenvalue weighted by Gasteiger charge is -2.25. The number of nitrogens with one attached hydrogen (secondary N) is 1. The molecule has 0 spiro atoms. The van der Waals surface area contributed by atoms with E-state index in [2.05, 4.69) is 5.32 Å². The molecule has 0 aromatic heterocycles. The number of hydrogen-bond acceptors (Lipinski definition) is 3. The van der Waals surface area contributed by atoms with Crippen LogP contribution in [0.5, 0.6) is 0 Å². The SMILES string of the molecule is CC(C)(CCO)NC(=O)c1cccc(C#N)c1. The van der Waals surface area contributed by atoms with Gasteiger partial charge < -0.3 is 10.4 Å². The molecule has 1 amide bonds. The van der Waals surface area contributed by atoms with Crippen LogP contribution in [0.2, 0.25) is 0 Å². The van der Waals surface area contributed by atoms with Crippen molar-refractivity contribution in [2.24, 2.45) is 0 Å². The summed E-state index contributed by atoms with van der Waals surface area (Å²) in [5, 5.41) is 20.4. The van der Waals surface area contributed by atoms with Crippen LogP contribution in [0, 0.1) is 11.3 Å². The summed E-state index contributed by atoms with van der Waals surface area (Å²) in [5.41, 5.74) is 0.446. The lowest BCUT2D eigenvalue weighted by atomic mass is 10.0. The Bertz CT molecular complexity index is 447. The molecule has 17 heavy (non-hydrogen) atoms. The van der Waals surface area contributed by atoms with Gasteiger partial charge in [-0.2, -0.15) is 5.26 Å². The summed E-state index contributed by atoms with van der Waals surface area (Å²) in [4.78, 5) is 11.9. The minimum absolute atomic E-state index is 0.0194. The number of nitriles is 1. The first-order valence-electron chi connectivity index (χ1n) is 5.42. The Morgan fingerprint density at radius 3 is 2.82 bits per heavy atom. The highest BCUT2D eigenvalue weighted by molar-refractivity contribution is 5.94. The molecular formula is C13H16N2O2. The molecule has 0 aliphatic heterocycles. The van der Waals surface area contributed by atoms with Crippen LogP contribution in [0.3, 0.4) is 0 Å². The number of carbonyl (C=O) groups excluding carboxylic acids is 1. The molecule has 1 aromatic rings. The quantitative estimate of drug-likeness (QED) is 0.825. The Morgan fingerprint density at radius 1 is 1.53 bits per heavy atom. The number of rotatable bonds is 4. The van der Waals surface area contributed by atoms with Gasteiger partial charge in [-0.15, -0.1) is 0 Å². The molecule has 0 fully saturated rings. The summed E-state index contributed by atoms with van der Waals surface area (Å²) in [6, 6.07) is 8.52. The van der Waals surface area contributed by atoms with Gasteiger partial charge in [-0.3, -0.25) is 4.79 Å². The normalized spacial score (nSPS) is 10.7. The molecule has 4 heteroatoms. The van der Waals surface area contributed by atoms with Gasteiger partial charge in [-0.1, -0.05) is 6.07 Å². The molecular weight excluding hydrogens is 216 g/mol. The molecule has 0 radical (unpaired) electrons. The zero-order chi connectivity index (χ0) is 12.9. The van der Waals surface area contributed by atoms with E-state index in [1.54, 1.807) is 24.3 Å². The number of aliphatic hydroxyl groups is 1. The van der Waals surface area contributed by atoms with E-state index in [1.807, 2.05) is 19.9 Å². The highest BCUT2D eigenvalue weighted by Gasteiger charge is 2.20. The second kappa shape index (κ2) is 5.46. The molecule has 4 nitrogen and oxygen atoms in total. The van der Waals surface area contributed by atoms with E-state index in [1.165, 1.54) is 0 Å². The molecule has 1 aromatic carbocycles. The van der Waals surface area contributed by atoms with Crippen LogP contribution in [-0.2, 0) is 0 Å². The van der Waals surface area contributed by atoms with Gasteiger partial charge in [0.05, 0.1) is 11.6 Å². The van der Waals surface area contributed by atoms with E-state index in [0.29, 0.717) is 17.5 Å². The maximum atomic E-state index is 11.9. The Balaban J connectivity index is 2.80. The number of nitrogens with zero attached hydrogens (tertiary/aromatic N) is 1.